The number of carbonyl (C=O) groups excluding carboxylic acids is 1. The van der Waals surface area contributed by atoms with Crippen molar-refractivity contribution in [2.45, 2.75) is 63.8 Å². The number of halogens is 3. The lowest BCUT2D eigenvalue weighted by Gasteiger charge is -2.12. The van der Waals surface area contributed by atoms with E-state index < -0.39 is 23.7 Å². The fourth-order valence-electron chi connectivity index (χ4n) is 2.75. The maximum absolute atomic E-state index is 12.5. The summed E-state index contributed by atoms with van der Waals surface area (Å²) in [6.07, 6.45) is 1.31. The van der Waals surface area contributed by atoms with Gasteiger partial charge < -0.3 is 14.2 Å². The third-order valence-corrected chi connectivity index (χ3v) is 4.30. The van der Waals surface area contributed by atoms with Crippen molar-refractivity contribution in [3.8, 4) is 0 Å². The van der Waals surface area contributed by atoms with Crippen LogP contribution in [0.5, 0.6) is 0 Å². The van der Waals surface area contributed by atoms with Crippen LogP contribution in [0, 0.1) is 0 Å². The van der Waals surface area contributed by atoms with Crippen LogP contribution in [0.15, 0.2) is 24.3 Å². The molecule has 0 spiro atoms. The van der Waals surface area contributed by atoms with Gasteiger partial charge in [-0.05, 0) is 43.9 Å². The van der Waals surface area contributed by atoms with Crippen LogP contribution in [0.25, 0.3) is 0 Å². The second kappa shape index (κ2) is 9.26. The van der Waals surface area contributed by atoms with E-state index in [0.717, 1.165) is 56.2 Å². The summed E-state index contributed by atoms with van der Waals surface area (Å²) in [5, 5.41) is 0. The maximum Gasteiger partial charge on any atom is 0.510 e. The molecule has 0 radical (unpaired) electrons. The Morgan fingerprint density at radius 1 is 1.12 bits per heavy atom. The van der Waals surface area contributed by atoms with Gasteiger partial charge in [0.05, 0.1) is 12.2 Å². The van der Waals surface area contributed by atoms with Gasteiger partial charge >= 0.3 is 12.3 Å². The lowest BCUT2D eigenvalue weighted by molar-refractivity contribution is -0.137. The van der Waals surface area contributed by atoms with Crippen molar-refractivity contribution in [1.29, 1.82) is 0 Å². The molecule has 0 aliphatic carbocycles. The summed E-state index contributed by atoms with van der Waals surface area (Å²) in [6.45, 7) is 2.40. The van der Waals surface area contributed by atoms with Gasteiger partial charge in [0.25, 0.3) is 0 Å². The van der Waals surface area contributed by atoms with Crippen LogP contribution >= 0.6 is 0 Å². The predicted molar refractivity (Wildman–Crippen MR) is 89.6 cm³/mol. The van der Waals surface area contributed by atoms with Crippen molar-refractivity contribution in [2.75, 3.05) is 13.2 Å². The highest BCUT2D eigenvalue weighted by atomic mass is 19.4. The fourth-order valence-corrected chi connectivity index (χ4v) is 2.75. The van der Waals surface area contributed by atoms with E-state index in [-0.39, 0.29) is 6.61 Å². The number of hydrogen-bond acceptors (Lipinski definition) is 4. The summed E-state index contributed by atoms with van der Waals surface area (Å²) in [5.74, 6) is -0.785. The van der Waals surface area contributed by atoms with E-state index >= 15 is 0 Å². The zero-order valence-corrected chi connectivity index (χ0v) is 14.9. The van der Waals surface area contributed by atoms with Gasteiger partial charge in [-0.25, -0.2) is 4.79 Å². The van der Waals surface area contributed by atoms with Crippen molar-refractivity contribution in [3.05, 3.63) is 35.4 Å². The fraction of sp³-hybridized carbons (Fsp3) is 0.632. The first-order valence-electron chi connectivity index (χ1n) is 9.00. The monoisotopic (exact) mass is 374 g/mol. The summed E-state index contributed by atoms with van der Waals surface area (Å²) in [5.41, 5.74) is 0.314. The van der Waals surface area contributed by atoms with Gasteiger partial charge in [-0.2, -0.15) is 13.2 Å². The smallest absolute Gasteiger partial charge is 0.435 e. The molecule has 0 N–H and O–H groups in total. The van der Waals surface area contributed by atoms with E-state index in [9.17, 15) is 18.0 Å². The first kappa shape index (κ1) is 20.6. The predicted octanol–water partition coefficient (Wildman–Crippen LogP) is 5.49. The van der Waals surface area contributed by atoms with Crippen molar-refractivity contribution < 1.29 is 32.2 Å². The Morgan fingerprint density at radius 2 is 1.73 bits per heavy atom. The number of carbonyl (C=O) groups is 1. The van der Waals surface area contributed by atoms with Crippen molar-refractivity contribution in [1.82, 2.24) is 0 Å². The number of benzene rings is 1. The van der Waals surface area contributed by atoms with Gasteiger partial charge in [0.2, 0.25) is 5.79 Å². The standard InChI is InChI=1S/C19H25F3O4/c1-2-24-17(23)26-18(14-25-18)13-7-5-3-4-6-8-15-9-11-16(12-10-15)19(20,21)22/h9-12H,2-8,13-14H2,1H3. The molecule has 0 amide bonds. The van der Waals surface area contributed by atoms with E-state index in [1.807, 2.05) is 0 Å². The topological polar surface area (TPSA) is 48.1 Å². The molecule has 4 nitrogen and oxygen atoms in total. The van der Waals surface area contributed by atoms with Gasteiger partial charge in [0, 0.05) is 6.42 Å². The van der Waals surface area contributed by atoms with Gasteiger partial charge in [-0.1, -0.05) is 31.4 Å². The number of epoxide rings is 1. The second-order valence-corrected chi connectivity index (χ2v) is 6.45. The number of rotatable bonds is 10. The number of unbranched alkanes of at least 4 members (excludes halogenated alkanes) is 4. The molecule has 1 aromatic rings. The van der Waals surface area contributed by atoms with Crippen LogP contribution in [0.4, 0.5) is 18.0 Å². The Kier molecular flexibility index (Phi) is 7.32. The first-order chi connectivity index (χ1) is 12.3. The Hall–Kier alpha value is -1.76. The molecule has 1 aromatic carbocycles. The van der Waals surface area contributed by atoms with Crippen LogP contribution in [0.2, 0.25) is 0 Å². The van der Waals surface area contributed by atoms with Gasteiger partial charge in [0.15, 0.2) is 0 Å². The Labute approximate surface area is 151 Å². The molecular formula is C19H25F3O4. The lowest BCUT2D eigenvalue weighted by atomic mass is 10.0. The highest BCUT2D eigenvalue weighted by Gasteiger charge is 2.49. The Morgan fingerprint density at radius 3 is 2.31 bits per heavy atom. The third kappa shape index (κ3) is 6.86. The minimum absolute atomic E-state index is 0.272. The van der Waals surface area contributed by atoms with E-state index in [2.05, 4.69) is 0 Å². The van der Waals surface area contributed by atoms with Gasteiger partial charge in [-0.3, -0.25) is 0 Å². The van der Waals surface area contributed by atoms with Crippen LogP contribution < -0.4 is 0 Å². The minimum atomic E-state index is -4.28. The largest absolute Gasteiger partial charge is 0.510 e. The van der Waals surface area contributed by atoms with Gasteiger partial charge in [0.1, 0.15) is 6.61 Å². The highest BCUT2D eigenvalue weighted by molar-refractivity contribution is 5.60. The molecule has 7 heteroatoms. The molecule has 0 saturated carbocycles. The quantitative estimate of drug-likeness (QED) is 0.309. The summed E-state index contributed by atoms with van der Waals surface area (Å²) >= 11 is 0. The zero-order valence-electron chi connectivity index (χ0n) is 14.9. The van der Waals surface area contributed by atoms with E-state index in [0.29, 0.717) is 13.0 Å². The molecule has 0 aromatic heterocycles. The van der Waals surface area contributed by atoms with E-state index in [1.54, 1.807) is 19.1 Å². The lowest BCUT2D eigenvalue weighted by Crippen LogP contribution is -2.22. The molecule has 1 atom stereocenters. The first-order valence-corrected chi connectivity index (χ1v) is 9.00. The normalized spacial score (nSPS) is 19.2. The molecule has 1 heterocycles. The van der Waals surface area contributed by atoms with Crippen LogP contribution in [0.3, 0.4) is 0 Å². The number of hydrogen-bond donors (Lipinski definition) is 0. The highest BCUT2D eigenvalue weighted by Crippen LogP contribution is 2.35. The maximum atomic E-state index is 12.5. The van der Waals surface area contributed by atoms with E-state index in [4.69, 9.17) is 14.2 Å². The number of aryl methyl sites for hydroxylation is 1. The molecule has 1 fully saturated rings. The molecule has 146 valence electrons. The summed E-state index contributed by atoms with van der Waals surface area (Å²) in [6, 6.07) is 5.36. The van der Waals surface area contributed by atoms with Crippen LogP contribution in [-0.2, 0) is 26.8 Å². The molecule has 0 bridgehead atoms. The summed E-state index contributed by atoms with van der Waals surface area (Å²) in [7, 11) is 0. The number of alkyl halides is 3. The van der Waals surface area contributed by atoms with Crippen molar-refractivity contribution in [2.24, 2.45) is 0 Å². The van der Waals surface area contributed by atoms with E-state index in [1.165, 1.54) is 0 Å². The average molecular weight is 374 g/mol. The zero-order chi connectivity index (χ0) is 19.0. The molecule has 26 heavy (non-hydrogen) atoms. The van der Waals surface area contributed by atoms with Crippen LogP contribution in [0.1, 0.15) is 56.6 Å². The minimum Gasteiger partial charge on any atom is -0.435 e. The Bertz CT molecular complexity index is 565. The second-order valence-electron chi connectivity index (χ2n) is 6.45. The van der Waals surface area contributed by atoms with Crippen molar-refractivity contribution in [3.63, 3.8) is 0 Å². The third-order valence-electron chi connectivity index (χ3n) is 4.30. The molecular weight excluding hydrogens is 349 g/mol. The molecule has 2 rings (SSSR count). The molecule has 1 saturated heterocycles. The molecule has 1 unspecified atom stereocenters. The molecule has 1 aliphatic heterocycles. The van der Waals surface area contributed by atoms with Crippen molar-refractivity contribution >= 4 is 6.16 Å². The molecule has 1 aliphatic rings. The SMILES string of the molecule is CCOC(=O)OC1(CCCCCCCc2ccc(C(F)(F)F)cc2)CO1. The number of ether oxygens (including phenoxy) is 3. The van der Waals surface area contributed by atoms with Crippen LogP contribution in [-0.4, -0.2) is 25.2 Å². The summed E-state index contributed by atoms with van der Waals surface area (Å²) in [4.78, 5) is 11.3. The average Bonchev–Trinajstić information content (AvgIpc) is 3.33. The Balaban J connectivity index is 1.54. The van der Waals surface area contributed by atoms with Gasteiger partial charge in [-0.15, -0.1) is 0 Å². The summed E-state index contributed by atoms with van der Waals surface area (Å²) < 4.78 is 52.6.